The standard InChI is InChI=1S/C16H30N4O/c1-3-19-8-4-5-14(19)11-18-15(17-2)20-9-6-16(12-20)7-10-21-13-16/h14H,3-13H2,1-2H3,(H,17,18). The molecule has 0 amide bonds. The summed E-state index contributed by atoms with van der Waals surface area (Å²) in [5.41, 5.74) is 0.403. The summed E-state index contributed by atoms with van der Waals surface area (Å²) < 4.78 is 5.62. The molecule has 21 heavy (non-hydrogen) atoms. The van der Waals surface area contributed by atoms with Gasteiger partial charge < -0.3 is 15.0 Å². The molecule has 1 N–H and O–H groups in total. The molecule has 120 valence electrons. The summed E-state index contributed by atoms with van der Waals surface area (Å²) in [6.07, 6.45) is 5.11. The first kappa shape index (κ1) is 15.1. The number of rotatable bonds is 3. The Morgan fingerprint density at radius 3 is 3.00 bits per heavy atom. The minimum absolute atomic E-state index is 0.403. The molecule has 0 aromatic heterocycles. The normalized spacial score (nSPS) is 34.3. The van der Waals surface area contributed by atoms with Crippen molar-refractivity contribution in [2.75, 3.05) is 53.0 Å². The van der Waals surface area contributed by atoms with Crippen molar-refractivity contribution in [3.05, 3.63) is 0 Å². The Kier molecular flexibility index (Phi) is 4.69. The van der Waals surface area contributed by atoms with Crippen LogP contribution in [0.15, 0.2) is 4.99 Å². The van der Waals surface area contributed by atoms with Crippen molar-refractivity contribution in [2.24, 2.45) is 10.4 Å². The zero-order valence-electron chi connectivity index (χ0n) is 13.6. The SMILES string of the molecule is CCN1CCCC1CNC(=NC)N1CCC2(CCOC2)C1. The van der Waals surface area contributed by atoms with Crippen LogP contribution in [-0.4, -0.2) is 74.8 Å². The van der Waals surface area contributed by atoms with Crippen LogP contribution in [0.25, 0.3) is 0 Å². The predicted molar refractivity (Wildman–Crippen MR) is 85.7 cm³/mol. The van der Waals surface area contributed by atoms with Crippen molar-refractivity contribution < 1.29 is 4.74 Å². The fourth-order valence-corrected chi connectivity index (χ4v) is 4.17. The molecule has 2 atom stereocenters. The average Bonchev–Trinajstić information content (AvgIpc) is 3.23. The number of nitrogens with zero attached hydrogens (tertiary/aromatic N) is 3. The predicted octanol–water partition coefficient (Wildman–Crippen LogP) is 1.16. The first-order valence-corrected chi connectivity index (χ1v) is 8.54. The van der Waals surface area contributed by atoms with E-state index in [1.54, 1.807) is 0 Å². The molecule has 2 unspecified atom stereocenters. The quantitative estimate of drug-likeness (QED) is 0.626. The van der Waals surface area contributed by atoms with Gasteiger partial charge in [-0.2, -0.15) is 0 Å². The topological polar surface area (TPSA) is 40.1 Å². The van der Waals surface area contributed by atoms with E-state index in [0.717, 1.165) is 45.4 Å². The summed E-state index contributed by atoms with van der Waals surface area (Å²) in [7, 11) is 1.91. The molecule has 5 nitrogen and oxygen atoms in total. The number of likely N-dealkylation sites (N-methyl/N-ethyl adjacent to an activating group) is 1. The highest BCUT2D eigenvalue weighted by Crippen LogP contribution is 2.38. The molecule has 3 aliphatic rings. The van der Waals surface area contributed by atoms with Gasteiger partial charge in [-0.15, -0.1) is 0 Å². The summed E-state index contributed by atoms with van der Waals surface area (Å²) in [6.45, 7) is 9.80. The molecule has 0 saturated carbocycles. The molecule has 0 aromatic carbocycles. The third kappa shape index (κ3) is 3.19. The third-order valence-corrected chi connectivity index (χ3v) is 5.54. The second kappa shape index (κ2) is 6.53. The van der Waals surface area contributed by atoms with E-state index in [4.69, 9.17) is 4.74 Å². The molecular formula is C16H30N4O. The highest BCUT2D eigenvalue weighted by Gasteiger charge is 2.42. The lowest BCUT2D eigenvalue weighted by atomic mass is 9.87. The molecule has 3 fully saturated rings. The van der Waals surface area contributed by atoms with Gasteiger partial charge in [-0.25, -0.2) is 0 Å². The van der Waals surface area contributed by atoms with Gasteiger partial charge in [0.25, 0.3) is 0 Å². The fourth-order valence-electron chi connectivity index (χ4n) is 4.17. The van der Waals surface area contributed by atoms with E-state index in [1.807, 2.05) is 7.05 Å². The van der Waals surface area contributed by atoms with Gasteiger partial charge in [0.2, 0.25) is 0 Å². The van der Waals surface area contributed by atoms with Gasteiger partial charge in [-0.3, -0.25) is 9.89 Å². The van der Waals surface area contributed by atoms with Crippen LogP contribution < -0.4 is 5.32 Å². The number of likely N-dealkylation sites (tertiary alicyclic amines) is 2. The van der Waals surface area contributed by atoms with E-state index in [1.165, 1.54) is 32.2 Å². The average molecular weight is 294 g/mol. The van der Waals surface area contributed by atoms with Gasteiger partial charge in [-0.05, 0) is 38.8 Å². The van der Waals surface area contributed by atoms with Gasteiger partial charge in [-0.1, -0.05) is 6.92 Å². The largest absolute Gasteiger partial charge is 0.381 e. The van der Waals surface area contributed by atoms with Gasteiger partial charge in [0.15, 0.2) is 5.96 Å². The lowest BCUT2D eigenvalue weighted by Crippen LogP contribution is -2.46. The van der Waals surface area contributed by atoms with Crippen LogP contribution in [-0.2, 0) is 4.74 Å². The van der Waals surface area contributed by atoms with Gasteiger partial charge in [0.05, 0.1) is 6.61 Å². The van der Waals surface area contributed by atoms with Crippen LogP contribution >= 0.6 is 0 Å². The number of ether oxygens (including phenoxy) is 1. The first-order chi connectivity index (χ1) is 10.3. The van der Waals surface area contributed by atoms with Crippen molar-refractivity contribution in [3.8, 4) is 0 Å². The molecule has 3 saturated heterocycles. The minimum atomic E-state index is 0.403. The van der Waals surface area contributed by atoms with Crippen LogP contribution in [0, 0.1) is 5.41 Å². The number of hydrogen-bond donors (Lipinski definition) is 1. The van der Waals surface area contributed by atoms with Crippen molar-refractivity contribution in [2.45, 2.75) is 38.6 Å². The Morgan fingerprint density at radius 2 is 2.29 bits per heavy atom. The molecule has 5 heteroatoms. The number of hydrogen-bond acceptors (Lipinski definition) is 3. The maximum Gasteiger partial charge on any atom is 0.193 e. The number of aliphatic imine (C=N–C) groups is 1. The number of guanidine groups is 1. The maximum atomic E-state index is 5.62. The maximum absolute atomic E-state index is 5.62. The van der Waals surface area contributed by atoms with Crippen molar-refractivity contribution in [1.29, 1.82) is 0 Å². The summed E-state index contributed by atoms with van der Waals surface area (Å²) in [5, 5.41) is 3.62. The van der Waals surface area contributed by atoms with Crippen molar-refractivity contribution >= 4 is 5.96 Å². The van der Waals surface area contributed by atoms with E-state index in [0.29, 0.717) is 11.5 Å². The molecule has 0 aromatic rings. The molecule has 1 spiro atoms. The molecule has 3 heterocycles. The Morgan fingerprint density at radius 1 is 1.38 bits per heavy atom. The summed E-state index contributed by atoms with van der Waals surface area (Å²) in [5.74, 6) is 1.08. The zero-order valence-corrected chi connectivity index (χ0v) is 13.6. The fraction of sp³-hybridized carbons (Fsp3) is 0.938. The first-order valence-electron chi connectivity index (χ1n) is 8.54. The Labute approximate surface area is 128 Å². The summed E-state index contributed by atoms with van der Waals surface area (Å²) in [6, 6.07) is 0.679. The van der Waals surface area contributed by atoms with Gasteiger partial charge in [0, 0.05) is 44.7 Å². The van der Waals surface area contributed by atoms with Crippen LogP contribution in [0.3, 0.4) is 0 Å². The lowest BCUT2D eigenvalue weighted by molar-refractivity contribution is 0.156. The second-order valence-corrected chi connectivity index (χ2v) is 6.83. The molecule has 3 aliphatic heterocycles. The van der Waals surface area contributed by atoms with E-state index >= 15 is 0 Å². The smallest absolute Gasteiger partial charge is 0.193 e. The molecule has 0 aliphatic carbocycles. The molecule has 0 radical (unpaired) electrons. The zero-order chi connectivity index (χ0) is 14.7. The molecule has 3 rings (SSSR count). The van der Waals surface area contributed by atoms with E-state index in [2.05, 4.69) is 27.0 Å². The summed E-state index contributed by atoms with van der Waals surface area (Å²) in [4.78, 5) is 9.52. The van der Waals surface area contributed by atoms with E-state index in [-0.39, 0.29) is 0 Å². The highest BCUT2D eigenvalue weighted by molar-refractivity contribution is 5.80. The monoisotopic (exact) mass is 294 g/mol. The Hall–Kier alpha value is -0.810. The third-order valence-electron chi connectivity index (χ3n) is 5.54. The van der Waals surface area contributed by atoms with E-state index in [9.17, 15) is 0 Å². The number of nitrogens with one attached hydrogen (secondary N) is 1. The van der Waals surface area contributed by atoms with E-state index < -0.39 is 0 Å². The van der Waals surface area contributed by atoms with Crippen LogP contribution in [0.2, 0.25) is 0 Å². The minimum Gasteiger partial charge on any atom is -0.381 e. The van der Waals surface area contributed by atoms with Crippen LogP contribution in [0.4, 0.5) is 0 Å². The van der Waals surface area contributed by atoms with Gasteiger partial charge in [0.1, 0.15) is 0 Å². The van der Waals surface area contributed by atoms with Crippen molar-refractivity contribution in [1.82, 2.24) is 15.1 Å². The van der Waals surface area contributed by atoms with Crippen LogP contribution in [0.1, 0.15) is 32.6 Å². The Balaban J connectivity index is 1.52. The van der Waals surface area contributed by atoms with Crippen molar-refractivity contribution in [3.63, 3.8) is 0 Å². The highest BCUT2D eigenvalue weighted by atomic mass is 16.5. The van der Waals surface area contributed by atoms with Crippen LogP contribution in [0.5, 0.6) is 0 Å². The molecule has 0 bridgehead atoms. The Bertz CT molecular complexity index is 378. The lowest BCUT2D eigenvalue weighted by Gasteiger charge is -2.28. The van der Waals surface area contributed by atoms with Gasteiger partial charge >= 0.3 is 0 Å². The molecular weight excluding hydrogens is 264 g/mol. The summed E-state index contributed by atoms with van der Waals surface area (Å²) >= 11 is 0. The second-order valence-electron chi connectivity index (χ2n) is 6.83.